The van der Waals surface area contributed by atoms with Gasteiger partial charge in [-0.15, -0.1) is 0 Å². The Morgan fingerprint density at radius 1 is 1.44 bits per heavy atom. The molecule has 0 saturated carbocycles. The number of hydrogen-bond donors (Lipinski definition) is 1. The molecule has 1 aromatic carbocycles. The molecule has 0 aliphatic rings. The van der Waals surface area contributed by atoms with E-state index in [2.05, 4.69) is 22.9 Å². The Bertz CT molecular complexity index is 392. The number of unbranched alkanes of at least 4 members (excludes halogenated alkanes) is 1. The first-order valence-electron chi connectivity index (χ1n) is 6.12. The maximum Gasteiger partial charge on any atom is 0.311 e. The zero-order chi connectivity index (χ0) is 13.5. The molecule has 1 rings (SSSR count). The van der Waals surface area contributed by atoms with Gasteiger partial charge >= 0.3 is 5.97 Å². The highest BCUT2D eigenvalue weighted by molar-refractivity contribution is 9.10. The fourth-order valence-electron chi connectivity index (χ4n) is 1.91. The van der Waals surface area contributed by atoms with Crippen LogP contribution in [0.4, 0.5) is 0 Å². The summed E-state index contributed by atoms with van der Waals surface area (Å²) in [6.45, 7) is 2.05. The number of benzene rings is 1. The average Bonchev–Trinajstić information content (AvgIpc) is 2.39. The van der Waals surface area contributed by atoms with Crippen molar-refractivity contribution >= 4 is 21.9 Å². The highest BCUT2D eigenvalue weighted by Crippen LogP contribution is 2.31. The second-order valence-electron chi connectivity index (χ2n) is 4.24. The second kappa shape index (κ2) is 7.54. The van der Waals surface area contributed by atoms with Crippen molar-refractivity contribution in [2.45, 2.75) is 32.3 Å². The minimum Gasteiger partial charge on any atom is -0.469 e. The van der Waals surface area contributed by atoms with Crippen LogP contribution in [0.15, 0.2) is 28.7 Å². The van der Waals surface area contributed by atoms with Crippen molar-refractivity contribution in [1.82, 2.24) is 0 Å². The van der Waals surface area contributed by atoms with E-state index in [1.807, 2.05) is 24.3 Å². The van der Waals surface area contributed by atoms with Gasteiger partial charge in [-0.3, -0.25) is 4.79 Å². The molecule has 0 radical (unpaired) electrons. The lowest BCUT2D eigenvalue weighted by Crippen LogP contribution is -2.24. The Morgan fingerprint density at radius 3 is 2.67 bits per heavy atom. The summed E-state index contributed by atoms with van der Waals surface area (Å²) in [4.78, 5) is 11.7. The smallest absolute Gasteiger partial charge is 0.311 e. The summed E-state index contributed by atoms with van der Waals surface area (Å²) in [6, 6.07) is 7.39. The van der Waals surface area contributed by atoms with Gasteiger partial charge in [0.15, 0.2) is 0 Å². The number of aliphatic hydroxyl groups excluding tert-OH is 1. The lowest BCUT2D eigenvalue weighted by atomic mass is 9.91. The molecule has 0 aromatic heterocycles. The Kier molecular flexibility index (Phi) is 6.36. The van der Waals surface area contributed by atoms with Crippen LogP contribution in [0.3, 0.4) is 0 Å². The summed E-state index contributed by atoms with van der Waals surface area (Å²) in [7, 11) is 1.36. The van der Waals surface area contributed by atoms with E-state index in [9.17, 15) is 9.90 Å². The van der Waals surface area contributed by atoms with Crippen LogP contribution >= 0.6 is 15.9 Å². The van der Waals surface area contributed by atoms with Crippen molar-refractivity contribution in [3.05, 3.63) is 34.3 Å². The molecule has 4 heteroatoms. The van der Waals surface area contributed by atoms with Crippen molar-refractivity contribution in [2.24, 2.45) is 5.92 Å². The molecule has 0 fully saturated rings. The Hall–Kier alpha value is -0.870. The molecule has 18 heavy (non-hydrogen) atoms. The van der Waals surface area contributed by atoms with Crippen LogP contribution < -0.4 is 0 Å². The summed E-state index contributed by atoms with van der Waals surface area (Å²) in [5, 5.41) is 10.4. The van der Waals surface area contributed by atoms with Crippen molar-refractivity contribution in [1.29, 1.82) is 0 Å². The first-order chi connectivity index (χ1) is 8.61. The summed E-state index contributed by atoms with van der Waals surface area (Å²) < 4.78 is 5.59. The molecule has 1 aromatic rings. The normalized spacial score (nSPS) is 14.0. The Morgan fingerprint density at radius 2 is 2.11 bits per heavy atom. The first-order valence-corrected chi connectivity index (χ1v) is 6.91. The number of aliphatic hydroxyl groups is 1. The monoisotopic (exact) mass is 314 g/mol. The molecule has 0 spiro atoms. The van der Waals surface area contributed by atoms with Crippen molar-refractivity contribution in [3.63, 3.8) is 0 Å². The number of esters is 1. The van der Waals surface area contributed by atoms with Gasteiger partial charge < -0.3 is 9.84 Å². The van der Waals surface area contributed by atoms with E-state index in [1.54, 1.807) is 0 Å². The zero-order valence-corrected chi connectivity index (χ0v) is 12.3. The highest BCUT2D eigenvalue weighted by atomic mass is 79.9. The standard InChI is InChI=1S/C14H19BrO3/c1-3-4-7-11(14(17)18-2)13(16)10-8-5-6-9-12(10)15/h5-6,8-9,11,13,16H,3-4,7H2,1-2H3. The van der Waals surface area contributed by atoms with Gasteiger partial charge in [0.25, 0.3) is 0 Å². The van der Waals surface area contributed by atoms with Gasteiger partial charge in [-0.25, -0.2) is 0 Å². The van der Waals surface area contributed by atoms with E-state index < -0.39 is 12.0 Å². The summed E-state index contributed by atoms with van der Waals surface area (Å²) in [5.74, 6) is -0.861. The lowest BCUT2D eigenvalue weighted by molar-refractivity contribution is -0.150. The van der Waals surface area contributed by atoms with Gasteiger partial charge in [0.1, 0.15) is 0 Å². The van der Waals surface area contributed by atoms with E-state index in [4.69, 9.17) is 4.74 Å². The third-order valence-electron chi connectivity index (χ3n) is 2.98. The van der Waals surface area contributed by atoms with Crippen molar-refractivity contribution < 1.29 is 14.6 Å². The summed E-state index contributed by atoms with van der Waals surface area (Å²) >= 11 is 3.39. The highest BCUT2D eigenvalue weighted by Gasteiger charge is 2.29. The van der Waals surface area contributed by atoms with Gasteiger partial charge in [-0.1, -0.05) is 53.9 Å². The Balaban J connectivity index is 2.91. The van der Waals surface area contributed by atoms with E-state index >= 15 is 0 Å². The van der Waals surface area contributed by atoms with Crippen molar-refractivity contribution in [3.8, 4) is 0 Å². The van der Waals surface area contributed by atoms with Crippen LogP contribution in [0.1, 0.15) is 37.9 Å². The number of carbonyl (C=O) groups is 1. The Labute approximate surface area is 116 Å². The minimum absolute atomic E-state index is 0.355. The molecule has 3 nitrogen and oxygen atoms in total. The van der Waals surface area contributed by atoms with E-state index in [1.165, 1.54) is 7.11 Å². The molecule has 0 amide bonds. The molecule has 0 bridgehead atoms. The van der Waals surface area contributed by atoms with Crippen LogP contribution in [0.25, 0.3) is 0 Å². The van der Waals surface area contributed by atoms with Crippen LogP contribution in [0.5, 0.6) is 0 Å². The van der Waals surface area contributed by atoms with Crippen LogP contribution in [0.2, 0.25) is 0 Å². The molecule has 100 valence electrons. The van der Waals surface area contributed by atoms with Gasteiger partial charge in [0, 0.05) is 4.47 Å². The van der Waals surface area contributed by atoms with E-state index in [0.29, 0.717) is 6.42 Å². The number of carbonyl (C=O) groups excluding carboxylic acids is 1. The second-order valence-corrected chi connectivity index (χ2v) is 5.09. The quantitative estimate of drug-likeness (QED) is 0.818. The molecule has 0 aliphatic carbocycles. The largest absolute Gasteiger partial charge is 0.469 e. The first kappa shape index (κ1) is 15.2. The van der Waals surface area contributed by atoms with Crippen LogP contribution in [-0.4, -0.2) is 18.2 Å². The van der Waals surface area contributed by atoms with Gasteiger partial charge in [0.05, 0.1) is 19.1 Å². The molecule has 0 heterocycles. The predicted molar refractivity (Wildman–Crippen MR) is 74.1 cm³/mol. The summed E-state index contributed by atoms with van der Waals surface area (Å²) in [6.07, 6.45) is 1.67. The molecule has 2 unspecified atom stereocenters. The fraction of sp³-hybridized carbons (Fsp3) is 0.500. The predicted octanol–water partition coefficient (Wildman–Crippen LogP) is 3.46. The number of hydrogen-bond acceptors (Lipinski definition) is 3. The molecule has 1 N–H and O–H groups in total. The summed E-state index contributed by atoms with van der Waals surface area (Å²) in [5.41, 5.74) is 0.726. The van der Waals surface area contributed by atoms with Crippen LogP contribution in [0, 0.1) is 5.92 Å². The molecule has 0 aliphatic heterocycles. The minimum atomic E-state index is -0.834. The molecule has 2 atom stereocenters. The van der Waals surface area contributed by atoms with Gasteiger partial charge in [-0.05, 0) is 18.1 Å². The SMILES string of the molecule is CCCCC(C(=O)OC)C(O)c1ccccc1Br. The topological polar surface area (TPSA) is 46.5 Å². The third kappa shape index (κ3) is 3.82. The molecular weight excluding hydrogens is 296 g/mol. The maximum absolute atomic E-state index is 11.7. The number of methoxy groups -OCH3 is 1. The van der Waals surface area contributed by atoms with Gasteiger partial charge in [-0.2, -0.15) is 0 Å². The fourth-order valence-corrected chi connectivity index (χ4v) is 2.43. The maximum atomic E-state index is 11.7. The molecule has 0 saturated heterocycles. The van der Waals surface area contributed by atoms with Crippen molar-refractivity contribution in [2.75, 3.05) is 7.11 Å². The van der Waals surface area contributed by atoms with Gasteiger partial charge in [0.2, 0.25) is 0 Å². The third-order valence-corrected chi connectivity index (χ3v) is 3.70. The number of ether oxygens (including phenoxy) is 1. The lowest BCUT2D eigenvalue weighted by Gasteiger charge is -2.21. The van der Waals surface area contributed by atoms with E-state index in [0.717, 1.165) is 22.9 Å². The molecular formula is C14H19BrO3. The average molecular weight is 315 g/mol. The zero-order valence-electron chi connectivity index (χ0n) is 10.7. The van der Waals surface area contributed by atoms with Crippen LogP contribution in [-0.2, 0) is 9.53 Å². The van der Waals surface area contributed by atoms with E-state index in [-0.39, 0.29) is 5.97 Å². The number of rotatable bonds is 6. The number of halogens is 1.